The molecule has 0 rings (SSSR count). The molecule has 0 saturated carbocycles. The molecule has 0 spiro atoms. The summed E-state index contributed by atoms with van der Waals surface area (Å²) >= 11 is 1.46. The van der Waals surface area contributed by atoms with Crippen LogP contribution in [0.3, 0.4) is 0 Å². The van der Waals surface area contributed by atoms with Crippen molar-refractivity contribution in [2.45, 2.75) is 52.3 Å². The van der Waals surface area contributed by atoms with Crippen LogP contribution >= 0.6 is 11.8 Å². The monoisotopic (exact) mass is 247 g/mol. The van der Waals surface area contributed by atoms with Gasteiger partial charge in [0.15, 0.2) is 0 Å². The molecule has 0 aromatic rings. The van der Waals surface area contributed by atoms with Crippen molar-refractivity contribution in [2.24, 2.45) is 17.1 Å². The number of carbonyl (C=O) groups is 1. The molecule has 4 heteroatoms. The maximum atomic E-state index is 11.1. The fourth-order valence-electron chi connectivity index (χ4n) is 1.59. The molecule has 0 radical (unpaired) electrons. The molecule has 0 aliphatic heterocycles. The van der Waals surface area contributed by atoms with Crippen LogP contribution in [0.4, 0.5) is 0 Å². The average Bonchev–Trinajstić information content (AvgIpc) is 1.98. The lowest BCUT2D eigenvalue weighted by Crippen LogP contribution is -2.34. The zero-order valence-corrected chi connectivity index (χ0v) is 11.8. The molecule has 16 heavy (non-hydrogen) atoms. The van der Waals surface area contributed by atoms with Crippen LogP contribution in [0, 0.1) is 11.3 Å². The number of thioether (sulfide) groups is 1. The van der Waals surface area contributed by atoms with E-state index < -0.39 is 5.97 Å². The van der Waals surface area contributed by atoms with Crippen molar-refractivity contribution in [3.05, 3.63) is 0 Å². The Hall–Kier alpha value is -0.220. The van der Waals surface area contributed by atoms with Gasteiger partial charge in [-0.25, -0.2) is 0 Å². The molecule has 0 saturated heterocycles. The van der Waals surface area contributed by atoms with Crippen LogP contribution in [0.5, 0.6) is 0 Å². The van der Waals surface area contributed by atoms with Crippen LogP contribution in [-0.2, 0) is 4.79 Å². The van der Waals surface area contributed by atoms with Crippen molar-refractivity contribution in [3.63, 3.8) is 0 Å². The summed E-state index contributed by atoms with van der Waals surface area (Å²) in [7, 11) is 0. The summed E-state index contributed by atoms with van der Waals surface area (Å²) in [4.78, 5) is 11.1. The first-order chi connectivity index (χ1) is 7.14. The molecular formula is C12H25NO2S. The first kappa shape index (κ1) is 15.8. The highest BCUT2D eigenvalue weighted by molar-refractivity contribution is 8.00. The van der Waals surface area contributed by atoms with Crippen molar-refractivity contribution >= 4 is 17.7 Å². The second kappa shape index (κ2) is 6.50. The molecule has 0 aromatic heterocycles. The molecule has 0 bridgehead atoms. The van der Waals surface area contributed by atoms with E-state index in [-0.39, 0.29) is 16.7 Å². The number of hydrogen-bond donors (Lipinski definition) is 2. The Kier molecular flexibility index (Phi) is 6.41. The van der Waals surface area contributed by atoms with Gasteiger partial charge in [-0.05, 0) is 17.8 Å². The predicted molar refractivity (Wildman–Crippen MR) is 70.8 cm³/mol. The van der Waals surface area contributed by atoms with E-state index in [2.05, 4.69) is 13.8 Å². The minimum absolute atomic E-state index is 0.0919. The number of carboxylic acids is 1. The smallest absolute Gasteiger partial charge is 0.317 e. The molecule has 0 aliphatic rings. The first-order valence-corrected chi connectivity index (χ1v) is 6.79. The molecule has 2 atom stereocenters. The Bertz CT molecular complexity index is 224. The fraction of sp³-hybridized carbons (Fsp3) is 0.917. The highest BCUT2D eigenvalue weighted by Crippen LogP contribution is 2.31. The Labute approximate surface area is 103 Å². The summed E-state index contributed by atoms with van der Waals surface area (Å²) in [6, 6.07) is 0.0919. The standard InChI is InChI=1S/C12H25NO2S/c1-8(2)6-9(13)7-16-10(11(14)15)12(3,4)5/h8-10H,6-7,13H2,1-5H3,(H,14,15)/t9?,10-/m1/s1. The summed E-state index contributed by atoms with van der Waals surface area (Å²) in [6.45, 7) is 10.1. The second-order valence-corrected chi connectivity index (χ2v) is 6.95. The number of nitrogens with two attached hydrogens (primary N) is 1. The second-order valence-electron chi connectivity index (χ2n) is 5.81. The van der Waals surface area contributed by atoms with Gasteiger partial charge in [0.2, 0.25) is 0 Å². The van der Waals surface area contributed by atoms with Gasteiger partial charge >= 0.3 is 5.97 Å². The number of rotatable bonds is 6. The fourth-order valence-corrected chi connectivity index (χ4v) is 2.80. The van der Waals surface area contributed by atoms with E-state index in [1.54, 1.807) is 0 Å². The zero-order chi connectivity index (χ0) is 12.9. The molecule has 0 heterocycles. The van der Waals surface area contributed by atoms with Crippen LogP contribution in [0.15, 0.2) is 0 Å². The van der Waals surface area contributed by atoms with E-state index in [0.29, 0.717) is 11.7 Å². The van der Waals surface area contributed by atoms with Crippen molar-refractivity contribution in [1.29, 1.82) is 0 Å². The SMILES string of the molecule is CC(C)CC(N)CS[C@H](C(=O)O)C(C)(C)C. The molecule has 0 aromatic carbocycles. The largest absolute Gasteiger partial charge is 0.480 e. The molecule has 1 unspecified atom stereocenters. The Balaban J connectivity index is 4.19. The van der Waals surface area contributed by atoms with Gasteiger partial charge in [0, 0.05) is 11.8 Å². The van der Waals surface area contributed by atoms with Crippen LogP contribution in [-0.4, -0.2) is 28.1 Å². The van der Waals surface area contributed by atoms with Gasteiger partial charge in [0.1, 0.15) is 5.25 Å². The van der Waals surface area contributed by atoms with Gasteiger partial charge in [0.25, 0.3) is 0 Å². The summed E-state index contributed by atoms with van der Waals surface area (Å²) in [5.41, 5.74) is 5.72. The Morgan fingerprint density at radius 3 is 2.19 bits per heavy atom. The van der Waals surface area contributed by atoms with Crippen LogP contribution in [0.1, 0.15) is 41.0 Å². The topological polar surface area (TPSA) is 63.3 Å². The third-order valence-corrected chi connectivity index (χ3v) is 4.12. The predicted octanol–water partition coefficient (Wildman–Crippen LogP) is 2.59. The Morgan fingerprint density at radius 1 is 1.38 bits per heavy atom. The lowest BCUT2D eigenvalue weighted by Gasteiger charge is -2.27. The van der Waals surface area contributed by atoms with Crippen molar-refractivity contribution in [3.8, 4) is 0 Å². The van der Waals surface area contributed by atoms with Gasteiger partial charge in [-0.2, -0.15) is 0 Å². The quantitative estimate of drug-likeness (QED) is 0.757. The van der Waals surface area contributed by atoms with Crippen LogP contribution < -0.4 is 5.73 Å². The molecule has 0 aliphatic carbocycles. The lowest BCUT2D eigenvalue weighted by atomic mass is 9.92. The van der Waals surface area contributed by atoms with Crippen molar-refractivity contribution in [1.82, 2.24) is 0 Å². The van der Waals surface area contributed by atoms with E-state index in [9.17, 15) is 4.79 Å². The normalized spacial score (nSPS) is 16.2. The lowest BCUT2D eigenvalue weighted by molar-refractivity contribution is -0.138. The number of carboxylic acid groups (broad SMARTS) is 1. The summed E-state index contributed by atoms with van der Waals surface area (Å²) < 4.78 is 0. The number of aliphatic carboxylic acids is 1. The summed E-state index contributed by atoms with van der Waals surface area (Å²) in [5.74, 6) is 0.537. The van der Waals surface area contributed by atoms with Gasteiger partial charge in [-0.15, -0.1) is 11.8 Å². The van der Waals surface area contributed by atoms with Crippen molar-refractivity contribution < 1.29 is 9.90 Å². The zero-order valence-electron chi connectivity index (χ0n) is 11.0. The minimum Gasteiger partial charge on any atom is -0.480 e. The van der Waals surface area contributed by atoms with Gasteiger partial charge in [0.05, 0.1) is 0 Å². The van der Waals surface area contributed by atoms with Gasteiger partial charge < -0.3 is 10.8 Å². The number of hydrogen-bond acceptors (Lipinski definition) is 3. The summed E-state index contributed by atoms with van der Waals surface area (Å²) in [6.07, 6.45) is 0.948. The maximum Gasteiger partial charge on any atom is 0.317 e. The third-order valence-electron chi connectivity index (χ3n) is 2.26. The van der Waals surface area contributed by atoms with Gasteiger partial charge in [-0.3, -0.25) is 4.79 Å². The van der Waals surface area contributed by atoms with Gasteiger partial charge in [-0.1, -0.05) is 34.6 Å². The van der Waals surface area contributed by atoms with E-state index in [1.807, 2.05) is 20.8 Å². The first-order valence-electron chi connectivity index (χ1n) is 5.74. The highest BCUT2D eigenvalue weighted by atomic mass is 32.2. The van der Waals surface area contributed by atoms with Crippen LogP contribution in [0.25, 0.3) is 0 Å². The minimum atomic E-state index is -0.741. The maximum absolute atomic E-state index is 11.1. The van der Waals surface area contributed by atoms with E-state index >= 15 is 0 Å². The molecule has 3 N–H and O–H groups in total. The third kappa shape index (κ3) is 6.38. The molecule has 0 amide bonds. The van der Waals surface area contributed by atoms with E-state index in [0.717, 1.165) is 6.42 Å². The van der Waals surface area contributed by atoms with E-state index in [4.69, 9.17) is 10.8 Å². The van der Waals surface area contributed by atoms with Crippen LogP contribution in [0.2, 0.25) is 0 Å². The highest BCUT2D eigenvalue weighted by Gasteiger charge is 2.31. The molecule has 3 nitrogen and oxygen atoms in total. The molecular weight excluding hydrogens is 222 g/mol. The molecule has 0 fully saturated rings. The molecule has 96 valence electrons. The van der Waals surface area contributed by atoms with E-state index in [1.165, 1.54) is 11.8 Å². The van der Waals surface area contributed by atoms with Crippen molar-refractivity contribution in [2.75, 3.05) is 5.75 Å². The summed E-state index contributed by atoms with van der Waals surface area (Å²) in [5, 5.41) is 8.76. The average molecular weight is 247 g/mol. The Morgan fingerprint density at radius 2 is 1.88 bits per heavy atom.